The average Bonchev–Trinajstić information content (AvgIpc) is 3.50. The van der Waals surface area contributed by atoms with Crippen molar-refractivity contribution >= 4 is 28.4 Å². The van der Waals surface area contributed by atoms with Gasteiger partial charge in [-0.1, -0.05) is 18.2 Å². The van der Waals surface area contributed by atoms with Gasteiger partial charge in [0, 0.05) is 34.8 Å². The minimum atomic E-state index is -0.700. The number of carbonyl (C=O) groups is 2. The molecule has 1 unspecified atom stereocenters. The van der Waals surface area contributed by atoms with E-state index in [2.05, 4.69) is 4.98 Å². The van der Waals surface area contributed by atoms with E-state index in [-0.39, 0.29) is 18.1 Å². The Hall–Kier alpha value is -3.78. The first kappa shape index (κ1) is 21.1. The summed E-state index contributed by atoms with van der Waals surface area (Å²) in [6.07, 6.45) is 2.51. The predicted octanol–water partition coefficient (Wildman–Crippen LogP) is 3.27. The molecule has 1 atom stereocenters. The number of fused-ring (bicyclic) bond motifs is 2. The average molecular weight is 447 g/mol. The molecule has 0 saturated carbocycles. The highest BCUT2D eigenvalue weighted by Crippen LogP contribution is 2.43. The minimum absolute atomic E-state index is 0.0773. The molecule has 8 heteroatoms. The van der Waals surface area contributed by atoms with Gasteiger partial charge in [0.1, 0.15) is 5.76 Å². The van der Waals surface area contributed by atoms with E-state index in [1.807, 2.05) is 49.5 Å². The maximum atomic E-state index is 13.2. The van der Waals surface area contributed by atoms with E-state index < -0.39 is 17.7 Å². The van der Waals surface area contributed by atoms with Crippen LogP contribution in [0, 0.1) is 0 Å². The summed E-state index contributed by atoms with van der Waals surface area (Å²) in [5.74, 6) is -0.458. The quantitative estimate of drug-likeness (QED) is 0.342. The molecule has 1 saturated heterocycles. The Morgan fingerprint density at radius 2 is 1.94 bits per heavy atom. The van der Waals surface area contributed by atoms with Gasteiger partial charge in [-0.15, -0.1) is 0 Å². The number of aromatic nitrogens is 1. The number of nitrogens with one attached hydrogen (secondary N) is 1. The molecule has 0 radical (unpaired) electrons. The van der Waals surface area contributed by atoms with Gasteiger partial charge in [-0.05, 0) is 51.3 Å². The van der Waals surface area contributed by atoms with Gasteiger partial charge in [0.15, 0.2) is 11.5 Å². The number of benzene rings is 2. The second-order valence-electron chi connectivity index (χ2n) is 8.51. The number of nitrogens with zero attached hydrogens (tertiary/aromatic N) is 2. The SMILES string of the molecule is CN(C)CCCN1C(=O)C(=O)/C(=C(/O)c2ccc3c(c2)OCO3)C1c1c[nH]c2ccccc12. The molecule has 0 aliphatic carbocycles. The van der Waals surface area contributed by atoms with Gasteiger partial charge in [0.2, 0.25) is 6.79 Å². The molecule has 1 amide bonds. The van der Waals surface area contributed by atoms with Crippen LogP contribution < -0.4 is 9.47 Å². The molecule has 3 aromatic rings. The van der Waals surface area contributed by atoms with Crippen LogP contribution in [-0.4, -0.2) is 65.6 Å². The maximum absolute atomic E-state index is 13.2. The summed E-state index contributed by atoms with van der Waals surface area (Å²) in [6, 6.07) is 12.0. The molecule has 2 N–H and O–H groups in total. The monoisotopic (exact) mass is 447 g/mol. The van der Waals surface area contributed by atoms with Crippen molar-refractivity contribution < 1.29 is 24.2 Å². The number of carbonyl (C=O) groups excluding carboxylic acids is 2. The maximum Gasteiger partial charge on any atom is 0.295 e. The summed E-state index contributed by atoms with van der Waals surface area (Å²) in [5.41, 5.74) is 2.15. The lowest BCUT2D eigenvalue weighted by Crippen LogP contribution is -2.32. The number of aliphatic hydroxyl groups is 1. The van der Waals surface area contributed by atoms with E-state index in [1.54, 1.807) is 23.1 Å². The first-order chi connectivity index (χ1) is 16.0. The van der Waals surface area contributed by atoms with E-state index in [9.17, 15) is 14.7 Å². The Labute approximate surface area is 191 Å². The van der Waals surface area contributed by atoms with Crippen molar-refractivity contribution in [3.63, 3.8) is 0 Å². The number of amides is 1. The fourth-order valence-corrected chi connectivity index (χ4v) is 4.51. The lowest BCUT2D eigenvalue weighted by Gasteiger charge is -2.25. The summed E-state index contributed by atoms with van der Waals surface area (Å²) in [7, 11) is 3.93. The molecule has 33 heavy (non-hydrogen) atoms. The van der Waals surface area contributed by atoms with E-state index in [1.165, 1.54) is 0 Å². The number of hydrogen-bond donors (Lipinski definition) is 2. The van der Waals surface area contributed by atoms with Crippen LogP contribution in [0.25, 0.3) is 16.7 Å². The summed E-state index contributed by atoms with van der Waals surface area (Å²) in [5, 5.41) is 12.2. The molecule has 0 bridgehead atoms. The van der Waals surface area contributed by atoms with Crippen molar-refractivity contribution in [1.29, 1.82) is 0 Å². The van der Waals surface area contributed by atoms with Crippen molar-refractivity contribution in [2.45, 2.75) is 12.5 Å². The van der Waals surface area contributed by atoms with Crippen molar-refractivity contribution in [1.82, 2.24) is 14.8 Å². The highest BCUT2D eigenvalue weighted by Gasteiger charge is 2.46. The van der Waals surface area contributed by atoms with Crippen molar-refractivity contribution in [2.24, 2.45) is 0 Å². The van der Waals surface area contributed by atoms with Crippen LogP contribution in [0.5, 0.6) is 11.5 Å². The molecule has 1 aromatic heterocycles. The lowest BCUT2D eigenvalue weighted by atomic mass is 9.94. The normalized spacial score (nSPS) is 19.2. The van der Waals surface area contributed by atoms with Crippen LogP contribution in [0.15, 0.2) is 54.2 Å². The van der Waals surface area contributed by atoms with E-state index >= 15 is 0 Å². The van der Waals surface area contributed by atoms with E-state index in [0.29, 0.717) is 30.0 Å². The summed E-state index contributed by atoms with van der Waals surface area (Å²) < 4.78 is 10.8. The summed E-state index contributed by atoms with van der Waals surface area (Å²) >= 11 is 0. The second kappa shape index (κ2) is 8.29. The largest absolute Gasteiger partial charge is 0.507 e. The standard InChI is InChI=1S/C25H25N3O5/c1-27(2)10-5-11-28-22(17-13-26-18-7-4-3-6-16(17)18)21(24(30)25(28)31)23(29)15-8-9-19-20(12-15)33-14-32-19/h3-4,6-9,12-13,22,26,29H,5,10-11,14H2,1-2H3/b23-21+. The van der Waals surface area contributed by atoms with Gasteiger partial charge in [-0.3, -0.25) is 9.59 Å². The van der Waals surface area contributed by atoms with Gasteiger partial charge in [-0.2, -0.15) is 0 Å². The zero-order valence-corrected chi connectivity index (χ0v) is 18.5. The Kier molecular flexibility index (Phi) is 5.30. The first-order valence-corrected chi connectivity index (χ1v) is 10.8. The van der Waals surface area contributed by atoms with Gasteiger partial charge < -0.3 is 29.4 Å². The molecule has 8 nitrogen and oxygen atoms in total. The first-order valence-electron chi connectivity index (χ1n) is 10.8. The third-order valence-corrected chi connectivity index (χ3v) is 6.11. The molecule has 2 aromatic carbocycles. The molecule has 170 valence electrons. The van der Waals surface area contributed by atoms with Gasteiger partial charge >= 0.3 is 0 Å². The number of ketones is 1. The van der Waals surface area contributed by atoms with Crippen molar-refractivity contribution in [3.8, 4) is 11.5 Å². The Morgan fingerprint density at radius 3 is 2.76 bits per heavy atom. The molecular formula is C25H25N3O5. The number of ether oxygens (including phenoxy) is 2. The fraction of sp³-hybridized carbons (Fsp3) is 0.280. The Balaban J connectivity index is 1.63. The van der Waals surface area contributed by atoms with Gasteiger partial charge in [0.05, 0.1) is 11.6 Å². The number of rotatable bonds is 6. The molecule has 0 spiro atoms. The van der Waals surface area contributed by atoms with Crippen molar-refractivity contribution in [2.75, 3.05) is 34.0 Å². The number of aromatic amines is 1. The highest BCUT2D eigenvalue weighted by atomic mass is 16.7. The van der Waals surface area contributed by atoms with Gasteiger partial charge in [-0.25, -0.2) is 0 Å². The van der Waals surface area contributed by atoms with E-state index in [0.717, 1.165) is 23.0 Å². The topological polar surface area (TPSA) is 95.1 Å². The van der Waals surface area contributed by atoms with Crippen LogP contribution in [0.4, 0.5) is 0 Å². The second-order valence-corrected chi connectivity index (χ2v) is 8.51. The molecular weight excluding hydrogens is 422 g/mol. The van der Waals surface area contributed by atoms with E-state index in [4.69, 9.17) is 9.47 Å². The van der Waals surface area contributed by atoms with Crippen LogP contribution >= 0.6 is 0 Å². The smallest absolute Gasteiger partial charge is 0.295 e. The molecule has 2 aliphatic rings. The molecule has 5 rings (SSSR count). The Morgan fingerprint density at radius 1 is 1.15 bits per heavy atom. The van der Waals surface area contributed by atoms with Crippen LogP contribution in [0.2, 0.25) is 0 Å². The third kappa shape index (κ3) is 3.62. The number of H-pyrrole nitrogens is 1. The summed E-state index contributed by atoms with van der Waals surface area (Å²) in [4.78, 5) is 33.2. The lowest BCUT2D eigenvalue weighted by molar-refractivity contribution is -0.139. The Bertz CT molecular complexity index is 1280. The number of hydrogen-bond acceptors (Lipinski definition) is 6. The van der Waals surface area contributed by atoms with Crippen LogP contribution in [-0.2, 0) is 9.59 Å². The highest BCUT2D eigenvalue weighted by molar-refractivity contribution is 6.46. The van der Waals surface area contributed by atoms with Crippen LogP contribution in [0.1, 0.15) is 23.6 Å². The zero-order chi connectivity index (χ0) is 23.1. The predicted molar refractivity (Wildman–Crippen MR) is 123 cm³/mol. The minimum Gasteiger partial charge on any atom is -0.507 e. The number of para-hydroxylation sites is 1. The fourth-order valence-electron chi connectivity index (χ4n) is 4.51. The molecule has 1 fully saturated rings. The van der Waals surface area contributed by atoms with Gasteiger partial charge in [0.25, 0.3) is 11.7 Å². The number of aliphatic hydroxyl groups excluding tert-OH is 1. The third-order valence-electron chi connectivity index (χ3n) is 6.11. The molecule has 2 aliphatic heterocycles. The number of Topliss-reactive ketones (excluding diaryl/α,β-unsaturated/α-hetero) is 1. The summed E-state index contributed by atoms with van der Waals surface area (Å²) in [6.45, 7) is 1.27. The van der Waals surface area contributed by atoms with Crippen molar-refractivity contribution in [3.05, 3.63) is 65.4 Å². The number of likely N-dealkylation sites (tertiary alicyclic amines) is 1. The molecule has 3 heterocycles. The van der Waals surface area contributed by atoms with Crippen LogP contribution in [0.3, 0.4) is 0 Å². The zero-order valence-electron chi connectivity index (χ0n) is 18.5.